The third-order valence-electron chi connectivity index (χ3n) is 3.11. The maximum absolute atomic E-state index is 5.41. The lowest BCUT2D eigenvalue weighted by molar-refractivity contribution is 0.0681. The van der Waals surface area contributed by atoms with Gasteiger partial charge in [0.25, 0.3) is 0 Å². The van der Waals surface area contributed by atoms with Crippen molar-refractivity contribution in [1.82, 2.24) is 4.90 Å². The lowest BCUT2D eigenvalue weighted by Gasteiger charge is -2.30. The largest absolute Gasteiger partial charge is 0.378 e. The number of guanidine groups is 1. The summed E-state index contributed by atoms with van der Waals surface area (Å²) in [7, 11) is 0. The summed E-state index contributed by atoms with van der Waals surface area (Å²) in [4.78, 5) is 11.3. The molecule has 0 atom stereocenters. The summed E-state index contributed by atoms with van der Waals surface area (Å²) in [6, 6.07) is 10.1. The average molecular weight is 290 g/mol. The monoisotopic (exact) mass is 290 g/mol. The number of benzene rings is 1. The highest BCUT2D eigenvalue weighted by Gasteiger charge is 2.17. The van der Waals surface area contributed by atoms with Crippen molar-refractivity contribution in [3.63, 3.8) is 0 Å². The lowest BCUT2D eigenvalue weighted by Crippen LogP contribution is -2.44. The maximum Gasteiger partial charge on any atom is 0.205 e. The first-order valence-electron chi connectivity index (χ1n) is 6.82. The van der Waals surface area contributed by atoms with E-state index in [0.29, 0.717) is 0 Å². The van der Waals surface area contributed by atoms with E-state index >= 15 is 0 Å². The second-order valence-corrected chi connectivity index (χ2v) is 5.60. The Morgan fingerprint density at radius 1 is 1.25 bits per heavy atom. The van der Waals surface area contributed by atoms with Crippen molar-refractivity contribution in [2.24, 2.45) is 9.98 Å². The zero-order valence-electron chi connectivity index (χ0n) is 11.3. The Kier molecular flexibility index (Phi) is 4.55. The molecule has 5 nitrogen and oxygen atoms in total. The number of para-hydroxylation sites is 1. The topological polar surface area (TPSA) is 49.2 Å². The number of nitrogens with one attached hydrogen (secondary N) is 1. The summed E-state index contributed by atoms with van der Waals surface area (Å²) in [5.74, 6) is 1.90. The van der Waals surface area contributed by atoms with Crippen LogP contribution in [-0.4, -0.2) is 54.6 Å². The zero-order valence-corrected chi connectivity index (χ0v) is 12.1. The molecule has 2 heterocycles. The predicted octanol–water partition coefficient (Wildman–Crippen LogP) is 1.89. The second kappa shape index (κ2) is 6.76. The fourth-order valence-corrected chi connectivity index (χ4v) is 2.78. The van der Waals surface area contributed by atoms with Crippen LogP contribution in [0.1, 0.15) is 0 Å². The molecule has 2 aliphatic heterocycles. The highest BCUT2D eigenvalue weighted by atomic mass is 32.2. The molecule has 20 heavy (non-hydrogen) atoms. The molecule has 1 fully saturated rings. The minimum atomic E-state index is 0.745. The molecule has 1 aromatic carbocycles. The van der Waals surface area contributed by atoms with Crippen molar-refractivity contribution < 1.29 is 4.74 Å². The van der Waals surface area contributed by atoms with Gasteiger partial charge in [0.1, 0.15) is 0 Å². The summed E-state index contributed by atoms with van der Waals surface area (Å²) in [5, 5.41) is 4.27. The van der Waals surface area contributed by atoms with E-state index in [-0.39, 0.29) is 0 Å². The van der Waals surface area contributed by atoms with Crippen LogP contribution in [0.15, 0.2) is 40.3 Å². The van der Waals surface area contributed by atoms with Crippen molar-refractivity contribution in [2.45, 2.75) is 0 Å². The summed E-state index contributed by atoms with van der Waals surface area (Å²) >= 11 is 1.71. The number of rotatable bonds is 1. The highest BCUT2D eigenvalue weighted by Crippen LogP contribution is 2.15. The number of aliphatic imine (C=N–C) groups is 2. The normalized spacial score (nSPS) is 19.9. The molecule has 0 amide bonds. The van der Waals surface area contributed by atoms with Gasteiger partial charge < -0.3 is 15.0 Å². The second-order valence-electron chi connectivity index (χ2n) is 4.54. The van der Waals surface area contributed by atoms with Gasteiger partial charge in [-0.15, -0.1) is 0 Å². The molecule has 3 rings (SSSR count). The van der Waals surface area contributed by atoms with Crippen LogP contribution in [0.3, 0.4) is 0 Å². The van der Waals surface area contributed by atoms with Gasteiger partial charge in [0.2, 0.25) is 5.96 Å². The minimum Gasteiger partial charge on any atom is -0.378 e. The van der Waals surface area contributed by atoms with Crippen LogP contribution in [0.25, 0.3) is 0 Å². The van der Waals surface area contributed by atoms with Crippen LogP contribution in [0.4, 0.5) is 5.69 Å². The first kappa shape index (κ1) is 13.5. The summed E-state index contributed by atoms with van der Waals surface area (Å²) in [6.45, 7) is 4.07. The Balaban J connectivity index is 1.78. The molecule has 0 saturated carbocycles. The number of hydrogen-bond acceptors (Lipinski definition) is 4. The molecule has 0 aromatic heterocycles. The maximum atomic E-state index is 5.41. The van der Waals surface area contributed by atoms with E-state index in [4.69, 9.17) is 4.74 Å². The van der Waals surface area contributed by atoms with E-state index < -0.39 is 0 Å². The number of thioether (sulfide) groups is 1. The van der Waals surface area contributed by atoms with E-state index in [2.05, 4.69) is 20.2 Å². The molecule has 0 bridgehead atoms. The summed E-state index contributed by atoms with van der Waals surface area (Å²) < 4.78 is 5.41. The van der Waals surface area contributed by atoms with Crippen LogP contribution < -0.4 is 5.32 Å². The summed E-state index contributed by atoms with van der Waals surface area (Å²) in [6.07, 6.45) is 0. The van der Waals surface area contributed by atoms with Crippen molar-refractivity contribution in [3.8, 4) is 0 Å². The molecule has 1 saturated heterocycles. The van der Waals surface area contributed by atoms with E-state index in [1.54, 1.807) is 11.8 Å². The fourth-order valence-electron chi connectivity index (χ4n) is 2.09. The Morgan fingerprint density at radius 3 is 2.75 bits per heavy atom. The molecule has 1 aromatic rings. The molecular weight excluding hydrogens is 272 g/mol. The number of nitrogens with zero attached hydrogens (tertiary/aromatic N) is 3. The van der Waals surface area contributed by atoms with Crippen molar-refractivity contribution >= 4 is 28.6 Å². The van der Waals surface area contributed by atoms with Gasteiger partial charge >= 0.3 is 0 Å². The van der Waals surface area contributed by atoms with Gasteiger partial charge in [-0.25, -0.2) is 0 Å². The predicted molar refractivity (Wildman–Crippen MR) is 84.7 cm³/mol. The van der Waals surface area contributed by atoms with Gasteiger partial charge in [-0.3, -0.25) is 4.99 Å². The van der Waals surface area contributed by atoms with Crippen LogP contribution >= 0.6 is 11.8 Å². The number of anilines is 1. The average Bonchev–Trinajstić information content (AvgIpc) is 3.02. The van der Waals surface area contributed by atoms with Crippen molar-refractivity contribution in [2.75, 3.05) is 43.9 Å². The SMILES string of the molecule is c1ccc(N/C(=N/C2=NCCS2)N2CCOCC2)cc1. The molecular formula is C14H18N4OS. The van der Waals surface area contributed by atoms with Crippen LogP contribution in [0.5, 0.6) is 0 Å². The Bertz CT molecular complexity index is 497. The fraction of sp³-hybridized carbons (Fsp3) is 0.429. The molecule has 106 valence electrons. The standard InChI is InChI=1S/C14H18N4OS/c1-2-4-12(5-3-1)16-13(17-14-15-6-11-20-14)18-7-9-19-10-8-18/h1-5H,6-11H2,(H,15,16,17). The van der Waals surface area contributed by atoms with E-state index in [0.717, 1.165) is 55.4 Å². The van der Waals surface area contributed by atoms with Crippen molar-refractivity contribution in [1.29, 1.82) is 0 Å². The molecule has 0 spiro atoms. The van der Waals surface area contributed by atoms with Gasteiger partial charge in [-0.05, 0) is 12.1 Å². The van der Waals surface area contributed by atoms with Crippen molar-refractivity contribution in [3.05, 3.63) is 30.3 Å². The van der Waals surface area contributed by atoms with Gasteiger partial charge in [0.15, 0.2) is 5.17 Å². The number of amidine groups is 1. The first-order valence-corrected chi connectivity index (χ1v) is 7.81. The molecule has 6 heteroatoms. The van der Waals surface area contributed by atoms with E-state index in [1.807, 2.05) is 30.3 Å². The minimum absolute atomic E-state index is 0.745. The number of hydrogen-bond donors (Lipinski definition) is 1. The third-order valence-corrected chi connectivity index (χ3v) is 3.98. The van der Waals surface area contributed by atoms with E-state index in [1.165, 1.54) is 0 Å². The van der Waals surface area contributed by atoms with E-state index in [9.17, 15) is 0 Å². The quantitative estimate of drug-likeness (QED) is 0.634. The van der Waals surface area contributed by atoms with Crippen LogP contribution in [0, 0.1) is 0 Å². The molecule has 0 unspecified atom stereocenters. The molecule has 0 radical (unpaired) electrons. The summed E-state index contributed by atoms with van der Waals surface area (Å²) in [5.41, 5.74) is 1.04. The number of ether oxygens (including phenoxy) is 1. The molecule has 0 aliphatic carbocycles. The smallest absolute Gasteiger partial charge is 0.205 e. The van der Waals surface area contributed by atoms with Crippen LogP contribution in [-0.2, 0) is 4.74 Å². The Labute approximate surface area is 123 Å². The molecule has 2 aliphatic rings. The third kappa shape index (κ3) is 3.52. The highest BCUT2D eigenvalue weighted by molar-refractivity contribution is 8.14. The van der Waals surface area contributed by atoms with Gasteiger partial charge in [-0.2, -0.15) is 4.99 Å². The Morgan fingerprint density at radius 2 is 2.05 bits per heavy atom. The van der Waals surface area contributed by atoms with Crippen LogP contribution in [0.2, 0.25) is 0 Å². The molecule has 1 N–H and O–H groups in total. The van der Waals surface area contributed by atoms with Gasteiger partial charge in [0, 0.05) is 24.5 Å². The van der Waals surface area contributed by atoms with Gasteiger partial charge in [-0.1, -0.05) is 30.0 Å². The first-order chi connectivity index (χ1) is 9.92. The Hall–Kier alpha value is -1.53. The zero-order chi connectivity index (χ0) is 13.6. The number of morpholine rings is 1. The lowest BCUT2D eigenvalue weighted by atomic mass is 10.3. The van der Waals surface area contributed by atoms with Gasteiger partial charge in [0.05, 0.1) is 19.8 Å².